The van der Waals surface area contributed by atoms with Crippen LogP contribution >= 0.6 is 15.9 Å². The average molecular weight is 297 g/mol. The van der Waals surface area contributed by atoms with Gasteiger partial charge in [0, 0.05) is 12.3 Å². The molecule has 1 N–H and O–H groups in total. The lowest BCUT2D eigenvalue weighted by Gasteiger charge is -2.09. The molecule has 0 aliphatic carbocycles. The zero-order chi connectivity index (χ0) is 12.3. The molecular formula is C12H10BrFN2O. The minimum Gasteiger partial charge on any atom is -0.497 e. The van der Waals surface area contributed by atoms with Gasteiger partial charge in [0.15, 0.2) is 0 Å². The van der Waals surface area contributed by atoms with Gasteiger partial charge in [0.1, 0.15) is 17.4 Å². The first-order valence-corrected chi connectivity index (χ1v) is 5.71. The summed E-state index contributed by atoms with van der Waals surface area (Å²) in [7, 11) is 1.54. The Hall–Kier alpha value is -1.62. The van der Waals surface area contributed by atoms with Crippen LogP contribution in [0.4, 0.5) is 15.9 Å². The maximum absolute atomic E-state index is 13.6. The second-order valence-electron chi connectivity index (χ2n) is 3.30. The Labute approximate surface area is 107 Å². The van der Waals surface area contributed by atoms with Gasteiger partial charge in [-0.05, 0) is 40.2 Å². The summed E-state index contributed by atoms with van der Waals surface area (Å²) in [6, 6.07) is 8.10. The van der Waals surface area contributed by atoms with E-state index >= 15 is 0 Å². The van der Waals surface area contributed by atoms with Crippen LogP contribution in [0, 0.1) is 5.82 Å². The molecule has 1 aromatic carbocycles. The molecular weight excluding hydrogens is 287 g/mol. The van der Waals surface area contributed by atoms with Gasteiger partial charge >= 0.3 is 0 Å². The van der Waals surface area contributed by atoms with Crippen LogP contribution in [-0.2, 0) is 0 Å². The summed E-state index contributed by atoms with van der Waals surface area (Å²) in [5.74, 6) is 0.781. The van der Waals surface area contributed by atoms with Crippen LogP contribution in [0.15, 0.2) is 41.0 Å². The molecule has 88 valence electrons. The summed E-state index contributed by atoms with van der Waals surface area (Å²) in [6.45, 7) is 0. The normalized spacial score (nSPS) is 10.1. The second-order valence-corrected chi connectivity index (χ2v) is 4.16. The summed E-state index contributed by atoms with van der Waals surface area (Å²) in [5.41, 5.74) is 0.323. The number of aromatic nitrogens is 1. The SMILES string of the molecule is COc1ccc(F)c(Nc2ncccc2Br)c1. The third-order valence-corrected chi connectivity index (χ3v) is 2.82. The lowest BCUT2D eigenvalue weighted by atomic mass is 10.3. The van der Waals surface area contributed by atoms with E-state index in [0.717, 1.165) is 4.47 Å². The smallest absolute Gasteiger partial charge is 0.146 e. The number of pyridine rings is 1. The maximum atomic E-state index is 13.6. The van der Waals surface area contributed by atoms with Crippen molar-refractivity contribution in [2.45, 2.75) is 0 Å². The molecule has 0 radical (unpaired) electrons. The van der Waals surface area contributed by atoms with Gasteiger partial charge in [-0.2, -0.15) is 0 Å². The molecule has 3 nitrogen and oxygen atoms in total. The lowest BCUT2D eigenvalue weighted by Crippen LogP contribution is -1.97. The van der Waals surface area contributed by atoms with E-state index in [1.165, 1.54) is 13.2 Å². The predicted molar refractivity (Wildman–Crippen MR) is 68.2 cm³/mol. The summed E-state index contributed by atoms with van der Waals surface area (Å²) >= 11 is 3.34. The van der Waals surface area contributed by atoms with Crippen LogP contribution < -0.4 is 10.1 Å². The highest BCUT2D eigenvalue weighted by molar-refractivity contribution is 9.10. The van der Waals surface area contributed by atoms with Crippen molar-refractivity contribution in [1.82, 2.24) is 4.98 Å². The minimum atomic E-state index is -0.358. The van der Waals surface area contributed by atoms with Crippen LogP contribution in [0.5, 0.6) is 5.75 Å². The highest BCUT2D eigenvalue weighted by atomic mass is 79.9. The van der Waals surface area contributed by atoms with Crippen LogP contribution in [0.25, 0.3) is 0 Å². The third-order valence-electron chi connectivity index (χ3n) is 2.19. The summed E-state index contributed by atoms with van der Waals surface area (Å²) in [6.07, 6.45) is 1.63. The minimum absolute atomic E-state index is 0.323. The van der Waals surface area contributed by atoms with E-state index in [1.54, 1.807) is 24.4 Å². The zero-order valence-electron chi connectivity index (χ0n) is 9.08. The molecule has 0 atom stereocenters. The van der Waals surface area contributed by atoms with Crippen LogP contribution in [0.3, 0.4) is 0 Å². The molecule has 0 amide bonds. The molecule has 2 rings (SSSR count). The molecule has 1 heterocycles. The molecule has 0 aliphatic rings. The monoisotopic (exact) mass is 296 g/mol. The number of ether oxygens (including phenoxy) is 1. The van der Waals surface area contributed by atoms with E-state index in [9.17, 15) is 4.39 Å². The van der Waals surface area contributed by atoms with E-state index in [-0.39, 0.29) is 5.82 Å². The van der Waals surface area contributed by atoms with Crippen LogP contribution in [-0.4, -0.2) is 12.1 Å². The first-order valence-electron chi connectivity index (χ1n) is 4.92. The van der Waals surface area contributed by atoms with Crippen molar-refractivity contribution in [3.05, 3.63) is 46.8 Å². The van der Waals surface area contributed by atoms with Gasteiger partial charge in [-0.25, -0.2) is 9.37 Å². The molecule has 1 aromatic heterocycles. The highest BCUT2D eigenvalue weighted by Gasteiger charge is 2.06. The summed E-state index contributed by atoms with van der Waals surface area (Å²) in [5, 5.41) is 2.90. The van der Waals surface area contributed by atoms with Crippen molar-refractivity contribution < 1.29 is 9.13 Å². The van der Waals surface area contributed by atoms with Gasteiger partial charge in [0.25, 0.3) is 0 Å². The zero-order valence-corrected chi connectivity index (χ0v) is 10.7. The van der Waals surface area contributed by atoms with E-state index in [0.29, 0.717) is 17.3 Å². The van der Waals surface area contributed by atoms with E-state index in [1.807, 2.05) is 6.07 Å². The molecule has 0 saturated heterocycles. The van der Waals surface area contributed by atoms with Gasteiger partial charge in [-0.15, -0.1) is 0 Å². The number of rotatable bonds is 3. The van der Waals surface area contributed by atoms with E-state index in [2.05, 4.69) is 26.2 Å². The van der Waals surface area contributed by atoms with Crippen molar-refractivity contribution in [2.75, 3.05) is 12.4 Å². The fourth-order valence-corrected chi connectivity index (χ4v) is 1.69. The van der Waals surface area contributed by atoms with Gasteiger partial charge in [-0.3, -0.25) is 0 Å². The molecule has 17 heavy (non-hydrogen) atoms. The number of nitrogens with one attached hydrogen (secondary N) is 1. The fraction of sp³-hybridized carbons (Fsp3) is 0.0833. The molecule has 0 bridgehead atoms. The number of halogens is 2. The topological polar surface area (TPSA) is 34.1 Å². The number of nitrogens with zero attached hydrogens (tertiary/aromatic N) is 1. The van der Waals surface area contributed by atoms with E-state index < -0.39 is 0 Å². The highest BCUT2D eigenvalue weighted by Crippen LogP contribution is 2.27. The van der Waals surface area contributed by atoms with Crippen molar-refractivity contribution >= 4 is 27.4 Å². The molecule has 0 aliphatic heterocycles. The number of hydrogen-bond acceptors (Lipinski definition) is 3. The largest absolute Gasteiger partial charge is 0.497 e. The first-order chi connectivity index (χ1) is 8.20. The van der Waals surface area contributed by atoms with Gasteiger partial charge < -0.3 is 10.1 Å². The van der Waals surface area contributed by atoms with E-state index in [4.69, 9.17) is 4.74 Å². The Kier molecular flexibility index (Phi) is 3.58. The van der Waals surface area contributed by atoms with Crippen LogP contribution in [0.1, 0.15) is 0 Å². The molecule has 0 unspecified atom stereocenters. The van der Waals surface area contributed by atoms with Gasteiger partial charge in [0.05, 0.1) is 17.3 Å². The summed E-state index contributed by atoms with van der Waals surface area (Å²) < 4.78 is 19.4. The fourth-order valence-electron chi connectivity index (χ4n) is 1.33. The Morgan fingerprint density at radius 2 is 2.18 bits per heavy atom. The molecule has 0 saturated carbocycles. The lowest BCUT2D eigenvalue weighted by molar-refractivity contribution is 0.414. The molecule has 5 heteroatoms. The van der Waals surface area contributed by atoms with Crippen molar-refractivity contribution in [3.63, 3.8) is 0 Å². The molecule has 0 fully saturated rings. The Morgan fingerprint density at radius 1 is 1.35 bits per heavy atom. The predicted octanol–water partition coefficient (Wildman–Crippen LogP) is 3.74. The van der Waals surface area contributed by atoms with Crippen LogP contribution in [0.2, 0.25) is 0 Å². The maximum Gasteiger partial charge on any atom is 0.146 e. The quantitative estimate of drug-likeness (QED) is 0.937. The number of hydrogen-bond donors (Lipinski definition) is 1. The summed E-state index contributed by atoms with van der Waals surface area (Å²) in [4.78, 5) is 4.10. The number of anilines is 2. The Bertz CT molecular complexity index is 534. The molecule has 0 spiro atoms. The van der Waals surface area contributed by atoms with Crippen molar-refractivity contribution in [3.8, 4) is 5.75 Å². The van der Waals surface area contributed by atoms with Gasteiger partial charge in [0.2, 0.25) is 0 Å². The standard InChI is InChI=1S/C12H10BrFN2O/c1-17-8-4-5-10(14)11(7-8)16-12-9(13)3-2-6-15-12/h2-7H,1H3,(H,15,16). The molecule has 2 aromatic rings. The Morgan fingerprint density at radius 3 is 2.88 bits per heavy atom. The Balaban J connectivity index is 2.32. The first kappa shape index (κ1) is 11.9. The average Bonchev–Trinajstić information content (AvgIpc) is 2.35. The number of methoxy groups -OCH3 is 1. The van der Waals surface area contributed by atoms with Crippen molar-refractivity contribution in [1.29, 1.82) is 0 Å². The van der Waals surface area contributed by atoms with Crippen molar-refractivity contribution in [2.24, 2.45) is 0 Å². The van der Waals surface area contributed by atoms with Gasteiger partial charge in [-0.1, -0.05) is 0 Å². The second kappa shape index (κ2) is 5.14. The third kappa shape index (κ3) is 2.74. The number of benzene rings is 1.